The highest BCUT2D eigenvalue weighted by Gasteiger charge is 2.18. The molecule has 0 spiro atoms. The second-order valence-electron chi connectivity index (χ2n) is 4.45. The van der Waals surface area contributed by atoms with Gasteiger partial charge in [0.2, 0.25) is 5.88 Å². The quantitative estimate of drug-likeness (QED) is 0.783. The van der Waals surface area contributed by atoms with E-state index >= 15 is 0 Å². The number of fused-ring (bicyclic) bond motifs is 1. The molecule has 0 fully saturated rings. The summed E-state index contributed by atoms with van der Waals surface area (Å²) in [7, 11) is 1.57. The molecule has 2 aromatic rings. The molecule has 0 saturated heterocycles. The molecule has 0 radical (unpaired) electrons. The van der Waals surface area contributed by atoms with Gasteiger partial charge in [0.1, 0.15) is 5.52 Å². The van der Waals surface area contributed by atoms with Crippen LogP contribution in [0.1, 0.15) is 13.0 Å². The number of pyridine rings is 1. The van der Waals surface area contributed by atoms with Crippen molar-refractivity contribution >= 4 is 40.7 Å². The van der Waals surface area contributed by atoms with Gasteiger partial charge in [0.25, 0.3) is 0 Å². The Morgan fingerprint density at radius 3 is 2.86 bits per heavy atom. The van der Waals surface area contributed by atoms with E-state index in [1.165, 1.54) is 11.8 Å². The lowest BCUT2D eigenvalue weighted by molar-refractivity contribution is -0.133. The number of nitrogens with zero attached hydrogens (tertiary/aromatic N) is 3. The van der Waals surface area contributed by atoms with Crippen LogP contribution in [0.3, 0.4) is 0 Å². The van der Waals surface area contributed by atoms with Crippen molar-refractivity contribution in [2.75, 3.05) is 24.9 Å². The second-order valence-corrected chi connectivity index (χ2v) is 6.30. The minimum atomic E-state index is -0.860. The maximum atomic E-state index is 10.8. The number of rotatable bonds is 7. The summed E-state index contributed by atoms with van der Waals surface area (Å²) < 4.78 is 7.15. The molecule has 0 aliphatic heterocycles. The predicted octanol–water partition coefficient (Wildman–Crippen LogP) is 2.54. The first-order chi connectivity index (χ1) is 10.1. The van der Waals surface area contributed by atoms with Crippen molar-refractivity contribution in [2.24, 2.45) is 0 Å². The summed E-state index contributed by atoms with van der Waals surface area (Å²) in [6.07, 6.45) is 2.04. The van der Waals surface area contributed by atoms with E-state index < -0.39 is 5.97 Å². The normalized spacial score (nSPS) is 12.5. The van der Waals surface area contributed by atoms with Crippen LogP contribution in [0.2, 0.25) is 0 Å². The van der Waals surface area contributed by atoms with Crippen molar-refractivity contribution < 1.29 is 14.6 Å². The van der Waals surface area contributed by atoms with Gasteiger partial charge < -0.3 is 9.84 Å². The zero-order valence-corrected chi connectivity index (χ0v) is 13.7. The zero-order valence-electron chi connectivity index (χ0n) is 12.1. The molecule has 0 aliphatic rings. The van der Waals surface area contributed by atoms with Crippen LogP contribution in [-0.2, 0) is 4.79 Å². The minimum absolute atomic E-state index is 0.0214. The third-order valence-electron chi connectivity index (χ3n) is 2.86. The number of methoxy groups -OCH3 is 1. The van der Waals surface area contributed by atoms with Gasteiger partial charge in [0.05, 0.1) is 12.9 Å². The highest BCUT2D eigenvalue weighted by Crippen LogP contribution is 2.29. The molecule has 114 valence electrons. The number of ether oxygens (including phenoxy) is 1. The number of carbonyl (C=O) groups is 1. The molecule has 0 aromatic carbocycles. The van der Waals surface area contributed by atoms with Gasteiger partial charge in [-0.2, -0.15) is 16.7 Å². The molecular weight excluding hydrogens is 310 g/mol. The van der Waals surface area contributed by atoms with Crippen molar-refractivity contribution in [2.45, 2.75) is 18.1 Å². The fourth-order valence-corrected chi connectivity index (χ4v) is 3.44. The van der Waals surface area contributed by atoms with Crippen LogP contribution >= 0.6 is 23.5 Å². The molecule has 8 heteroatoms. The summed E-state index contributed by atoms with van der Waals surface area (Å²) in [6, 6.07) is 3.76. The molecule has 1 unspecified atom stereocenters. The Kier molecular flexibility index (Phi) is 5.35. The summed E-state index contributed by atoms with van der Waals surface area (Å²) >= 11 is 2.94. The molecule has 0 bridgehead atoms. The van der Waals surface area contributed by atoms with Crippen molar-refractivity contribution in [3.05, 3.63) is 12.1 Å². The van der Waals surface area contributed by atoms with E-state index in [9.17, 15) is 4.79 Å². The number of carboxylic acids is 1. The smallest absolute Gasteiger partial charge is 0.313 e. The summed E-state index contributed by atoms with van der Waals surface area (Å²) in [5, 5.41) is 9.54. The van der Waals surface area contributed by atoms with Crippen LogP contribution in [-0.4, -0.2) is 50.5 Å². The Bertz CT molecular complexity index is 645. The Balaban J connectivity index is 2.49. The largest absolute Gasteiger partial charge is 0.481 e. The zero-order chi connectivity index (χ0) is 15.4. The number of aromatic nitrogens is 3. The SMILES string of the molecule is COc1ccc2nc(SCC(=O)O)n(C(C)CSC)c2n1. The molecule has 2 aromatic heterocycles. The lowest BCUT2D eigenvalue weighted by atomic mass is 10.3. The van der Waals surface area contributed by atoms with Gasteiger partial charge >= 0.3 is 5.97 Å². The van der Waals surface area contributed by atoms with E-state index in [4.69, 9.17) is 9.84 Å². The minimum Gasteiger partial charge on any atom is -0.481 e. The molecule has 2 heterocycles. The van der Waals surface area contributed by atoms with E-state index in [1.54, 1.807) is 24.9 Å². The fraction of sp³-hybridized carbons (Fsp3) is 0.462. The van der Waals surface area contributed by atoms with Crippen molar-refractivity contribution in [3.63, 3.8) is 0 Å². The average Bonchev–Trinajstić information content (AvgIpc) is 2.82. The molecular formula is C13H17N3O3S2. The number of thioether (sulfide) groups is 2. The van der Waals surface area contributed by atoms with Crippen LogP contribution in [0, 0.1) is 0 Å². The van der Waals surface area contributed by atoms with Gasteiger partial charge in [-0.05, 0) is 19.2 Å². The number of hydrogen-bond donors (Lipinski definition) is 1. The first kappa shape index (κ1) is 16.0. The lowest BCUT2D eigenvalue weighted by Gasteiger charge is -2.15. The van der Waals surface area contributed by atoms with Crippen molar-refractivity contribution in [1.29, 1.82) is 0 Å². The lowest BCUT2D eigenvalue weighted by Crippen LogP contribution is -2.11. The van der Waals surface area contributed by atoms with E-state index in [1.807, 2.05) is 16.9 Å². The third-order valence-corrected chi connectivity index (χ3v) is 4.62. The van der Waals surface area contributed by atoms with Crippen LogP contribution in [0.5, 0.6) is 5.88 Å². The highest BCUT2D eigenvalue weighted by molar-refractivity contribution is 7.99. The van der Waals surface area contributed by atoms with Crippen molar-refractivity contribution in [3.8, 4) is 5.88 Å². The Morgan fingerprint density at radius 2 is 2.24 bits per heavy atom. The molecule has 1 N–H and O–H groups in total. The van der Waals surface area contributed by atoms with Gasteiger partial charge in [-0.3, -0.25) is 9.36 Å². The van der Waals surface area contributed by atoms with Gasteiger partial charge in [-0.15, -0.1) is 0 Å². The summed E-state index contributed by atoms with van der Waals surface area (Å²) in [5.41, 5.74) is 1.47. The average molecular weight is 327 g/mol. The second kappa shape index (κ2) is 7.04. The standard InChI is InChI=1S/C13H17N3O3S2/c1-8(6-20-3)16-12-9(4-5-10(15-12)19-2)14-13(16)21-7-11(17)18/h4-5,8H,6-7H2,1-3H3,(H,17,18). The molecule has 6 nitrogen and oxygen atoms in total. The Morgan fingerprint density at radius 1 is 1.48 bits per heavy atom. The van der Waals surface area contributed by atoms with E-state index in [0.29, 0.717) is 11.0 Å². The molecule has 0 saturated carbocycles. The predicted molar refractivity (Wildman–Crippen MR) is 85.5 cm³/mol. The summed E-state index contributed by atoms with van der Waals surface area (Å²) in [4.78, 5) is 19.7. The Hall–Kier alpha value is -1.41. The molecule has 2 rings (SSSR count). The summed E-state index contributed by atoms with van der Waals surface area (Å²) in [6.45, 7) is 2.07. The number of carboxylic acid groups (broad SMARTS) is 1. The molecule has 1 atom stereocenters. The topological polar surface area (TPSA) is 77.2 Å². The van der Waals surface area contributed by atoms with Crippen LogP contribution in [0.15, 0.2) is 17.3 Å². The third kappa shape index (κ3) is 3.62. The van der Waals surface area contributed by atoms with Crippen LogP contribution in [0.25, 0.3) is 11.2 Å². The van der Waals surface area contributed by atoms with Crippen LogP contribution in [0.4, 0.5) is 0 Å². The van der Waals surface area contributed by atoms with E-state index in [-0.39, 0.29) is 11.8 Å². The molecule has 21 heavy (non-hydrogen) atoms. The molecule has 0 amide bonds. The maximum Gasteiger partial charge on any atom is 0.313 e. The van der Waals surface area contributed by atoms with E-state index in [0.717, 1.165) is 16.9 Å². The first-order valence-corrected chi connectivity index (χ1v) is 8.71. The number of aliphatic carboxylic acids is 1. The summed E-state index contributed by atoms with van der Waals surface area (Å²) in [5.74, 6) is 0.536. The van der Waals surface area contributed by atoms with E-state index in [2.05, 4.69) is 16.9 Å². The van der Waals surface area contributed by atoms with Crippen molar-refractivity contribution in [1.82, 2.24) is 14.5 Å². The molecule has 0 aliphatic carbocycles. The van der Waals surface area contributed by atoms with Crippen LogP contribution < -0.4 is 4.74 Å². The fourth-order valence-electron chi connectivity index (χ4n) is 1.99. The monoisotopic (exact) mass is 327 g/mol. The number of imidazole rings is 1. The first-order valence-electron chi connectivity index (χ1n) is 6.33. The Labute approximate surface area is 131 Å². The maximum absolute atomic E-state index is 10.8. The number of hydrogen-bond acceptors (Lipinski definition) is 6. The van der Waals surface area contributed by atoms with Gasteiger partial charge in [0, 0.05) is 17.9 Å². The van der Waals surface area contributed by atoms with Gasteiger partial charge in [-0.1, -0.05) is 11.8 Å². The van der Waals surface area contributed by atoms with Gasteiger partial charge in [-0.25, -0.2) is 4.98 Å². The highest BCUT2D eigenvalue weighted by atomic mass is 32.2. The van der Waals surface area contributed by atoms with Gasteiger partial charge in [0.15, 0.2) is 10.8 Å².